The number of halogens is 2. The largest absolute Gasteiger partial charge is 0.379 e. The molecule has 2 saturated heterocycles. The quantitative estimate of drug-likeness (QED) is 0.757. The molecule has 0 aromatic heterocycles. The third kappa shape index (κ3) is 4.26. The number of rotatable bonds is 5. The molecule has 0 saturated carbocycles. The van der Waals surface area contributed by atoms with Crippen LogP contribution in [0.15, 0.2) is 22.7 Å². The van der Waals surface area contributed by atoms with Gasteiger partial charge in [-0.1, -0.05) is 6.07 Å². The van der Waals surface area contributed by atoms with Crippen LogP contribution in [0, 0.1) is 5.82 Å². The van der Waals surface area contributed by atoms with Crippen LogP contribution < -0.4 is 0 Å². The average molecular weight is 403 g/mol. The molecule has 0 aliphatic carbocycles. The van der Waals surface area contributed by atoms with Gasteiger partial charge in [0.2, 0.25) is 5.91 Å². The van der Waals surface area contributed by atoms with E-state index in [0.29, 0.717) is 10.2 Å². The van der Waals surface area contributed by atoms with E-state index >= 15 is 0 Å². The van der Waals surface area contributed by atoms with Gasteiger partial charge >= 0.3 is 0 Å². The summed E-state index contributed by atoms with van der Waals surface area (Å²) >= 11 is 4.84. The highest BCUT2D eigenvalue weighted by molar-refractivity contribution is 9.10. The predicted octanol–water partition coefficient (Wildman–Crippen LogP) is 2.88. The molecule has 126 valence electrons. The smallest absolute Gasteiger partial charge is 0.233 e. The molecule has 1 amide bonds. The normalized spacial score (nSPS) is 22.8. The van der Waals surface area contributed by atoms with Crippen LogP contribution in [-0.2, 0) is 9.53 Å². The molecule has 7 heteroatoms. The van der Waals surface area contributed by atoms with E-state index < -0.39 is 0 Å². The Labute approximate surface area is 148 Å². The van der Waals surface area contributed by atoms with Crippen LogP contribution in [0.2, 0.25) is 0 Å². The molecule has 1 aromatic rings. The molecule has 23 heavy (non-hydrogen) atoms. The van der Waals surface area contributed by atoms with E-state index in [9.17, 15) is 9.18 Å². The lowest BCUT2D eigenvalue weighted by Gasteiger charge is -2.29. The summed E-state index contributed by atoms with van der Waals surface area (Å²) in [5, 5.41) is -0.0101. The molecule has 2 heterocycles. The maximum Gasteiger partial charge on any atom is 0.233 e. The van der Waals surface area contributed by atoms with Gasteiger partial charge in [0.15, 0.2) is 0 Å². The highest BCUT2D eigenvalue weighted by Crippen LogP contribution is 2.39. The molecule has 2 aliphatic heterocycles. The summed E-state index contributed by atoms with van der Waals surface area (Å²) in [7, 11) is 0. The van der Waals surface area contributed by atoms with Gasteiger partial charge in [0.25, 0.3) is 0 Å². The van der Waals surface area contributed by atoms with Crippen LogP contribution in [-0.4, -0.2) is 60.9 Å². The molecule has 1 atom stereocenters. The van der Waals surface area contributed by atoms with Crippen molar-refractivity contribution in [3.05, 3.63) is 34.1 Å². The number of hydrogen-bond acceptors (Lipinski definition) is 4. The van der Waals surface area contributed by atoms with E-state index in [2.05, 4.69) is 20.8 Å². The fourth-order valence-corrected chi connectivity index (χ4v) is 4.53. The minimum Gasteiger partial charge on any atom is -0.379 e. The number of hydrogen-bond donors (Lipinski definition) is 0. The number of morpholine rings is 1. The number of carbonyl (C=O) groups is 1. The van der Waals surface area contributed by atoms with Crippen molar-refractivity contribution in [1.29, 1.82) is 0 Å². The van der Waals surface area contributed by atoms with Crippen molar-refractivity contribution in [2.24, 2.45) is 0 Å². The average Bonchev–Trinajstić information content (AvgIpc) is 2.92. The summed E-state index contributed by atoms with van der Waals surface area (Å²) in [4.78, 5) is 16.5. The van der Waals surface area contributed by atoms with E-state index in [1.165, 1.54) is 6.07 Å². The molecule has 2 fully saturated rings. The van der Waals surface area contributed by atoms with Gasteiger partial charge < -0.3 is 9.64 Å². The summed E-state index contributed by atoms with van der Waals surface area (Å²) in [5.41, 5.74) is 0.973. The van der Waals surface area contributed by atoms with Gasteiger partial charge in [-0.15, -0.1) is 11.8 Å². The topological polar surface area (TPSA) is 32.8 Å². The zero-order chi connectivity index (χ0) is 16.2. The first-order valence-electron chi connectivity index (χ1n) is 7.81. The molecule has 0 bridgehead atoms. The minimum absolute atomic E-state index is 0.0101. The van der Waals surface area contributed by atoms with E-state index in [-0.39, 0.29) is 17.1 Å². The van der Waals surface area contributed by atoms with Crippen LogP contribution in [0.5, 0.6) is 0 Å². The Morgan fingerprint density at radius 1 is 1.30 bits per heavy atom. The van der Waals surface area contributed by atoms with E-state index in [0.717, 1.165) is 51.4 Å². The highest BCUT2D eigenvalue weighted by Gasteiger charge is 2.32. The van der Waals surface area contributed by atoms with Crippen molar-refractivity contribution >= 4 is 33.6 Å². The van der Waals surface area contributed by atoms with Crippen molar-refractivity contribution in [3.63, 3.8) is 0 Å². The summed E-state index contributed by atoms with van der Waals surface area (Å²) in [5.74, 6) is 0.390. The SMILES string of the molecule is O=C1CSC(c2ccc(F)c(Br)c2)N1CCCN1CCOCC1. The first-order valence-corrected chi connectivity index (χ1v) is 9.65. The molecule has 0 N–H and O–H groups in total. The molecular weight excluding hydrogens is 383 g/mol. The summed E-state index contributed by atoms with van der Waals surface area (Å²) < 4.78 is 19.2. The van der Waals surface area contributed by atoms with E-state index in [1.54, 1.807) is 23.9 Å². The van der Waals surface area contributed by atoms with Crippen LogP contribution in [0.3, 0.4) is 0 Å². The van der Waals surface area contributed by atoms with Crippen LogP contribution in [0.4, 0.5) is 4.39 Å². The summed E-state index contributed by atoms with van der Waals surface area (Å²) in [6.07, 6.45) is 0.950. The maximum absolute atomic E-state index is 13.4. The molecule has 4 nitrogen and oxygen atoms in total. The van der Waals surface area contributed by atoms with Crippen molar-refractivity contribution in [3.8, 4) is 0 Å². The van der Waals surface area contributed by atoms with Gasteiger partial charge in [-0.25, -0.2) is 4.39 Å². The first-order chi connectivity index (χ1) is 11.1. The first kappa shape index (κ1) is 17.2. The van der Waals surface area contributed by atoms with E-state index in [4.69, 9.17) is 4.74 Å². The monoisotopic (exact) mass is 402 g/mol. The lowest BCUT2D eigenvalue weighted by Crippen LogP contribution is -2.38. The van der Waals surface area contributed by atoms with Gasteiger partial charge in [-0.2, -0.15) is 0 Å². The van der Waals surface area contributed by atoms with Gasteiger partial charge in [0.1, 0.15) is 11.2 Å². The Kier molecular flexibility index (Phi) is 5.96. The summed E-state index contributed by atoms with van der Waals surface area (Å²) in [6.45, 7) is 5.25. The Hall–Kier alpha value is -0.630. The number of amides is 1. The van der Waals surface area contributed by atoms with Gasteiger partial charge in [-0.3, -0.25) is 9.69 Å². The second-order valence-electron chi connectivity index (χ2n) is 5.73. The Morgan fingerprint density at radius 3 is 2.83 bits per heavy atom. The lowest BCUT2D eigenvalue weighted by molar-refractivity contribution is -0.128. The highest BCUT2D eigenvalue weighted by atomic mass is 79.9. The fraction of sp³-hybridized carbons (Fsp3) is 0.562. The third-order valence-electron chi connectivity index (χ3n) is 4.17. The second-order valence-corrected chi connectivity index (χ2v) is 7.65. The number of carbonyl (C=O) groups excluding carboxylic acids is 1. The second kappa shape index (κ2) is 7.96. The summed E-state index contributed by atoms with van der Waals surface area (Å²) in [6, 6.07) is 5.00. The number of benzene rings is 1. The standard InChI is InChI=1S/C16H20BrFN2O2S/c17-13-10-12(2-3-14(13)18)16-20(15(21)11-23-16)5-1-4-19-6-8-22-9-7-19/h2-3,10,16H,1,4-9,11H2. The number of nitrogens with zero attached hydrogens (tertiary/aromatic N) is 2. The molecule has 3 rings (SSSR count). The molecule has 1 aromatic carbocycles. The van der Waals surface area contributed by atoms with Gasteiger partial charge in [-0.05, 0) is 40.0 Å². The van der Waals surface area contributed by atoms with E-state index in [1.807, 2.05) is 4.90 Å². The van der Waals surface area contributed by atoms with Crippen molar-refractivity contribution < 1.29 is 13.9 Å². The Morgan fingerprint density at radius 2 is 2.09 bits per heavy atom. The zero-order valence-electron chi connectivity index (χ0n) is 12.8. The van der Waals surface area contributed by atoms with Crippen LogP contribution in [0.25, 0.3) is 0 Å². The van der Waals surface area contributed by atoms with Crippen molar-refractivity contribution in [2.75, 3.05) is 45.1 Å². The Balaban J connectivity index is 1.59. The zero-order valence-corrected chi connectivity index (χ0v) is 15.2. The van der Waals surface area contributed by atoms with Crippen LogP contribution in [0.1, 0.15) is 17.4 Å². The number of ether oxygens (including phenoxy) is 1. The molecule has 0 spiro atoms. The number of thioether (sulfide) groups is 1. The fourth-order valence-electron chi connectivity index (χ4n) is 2.93. The van der Waals surface area contributed by atoms with Crippen molar-refractivity contribution in [1.82, 2.24) is 9.80 Å². The van der Waals surface area contributed by atoms with Crippen molar-refractivity contribution in [2.45, 2.75) is 11.8 Å². The van der Waals surface area contributed by atoms with Gasteiger partial charge in [0, 0.05) is 26.2 Å². The van der Waals surface area contributed by atoms with Gasteiger partial charge in [0.05, 0.1) is 23.4 Å². The molecule has 0 radical (unpaired) electrons. The lowest BCUT2D eigenvalue weighted by atomic mass is 10.2. The molecule has 2 aliphatic rings. The van der Waals surface area contributed by atoms with Crippen LogP contribution >= 0.6 is 27.7 Å². The minimum atomic E-state index is -0.276. The maximum atomic E-state index is 13.4. The molecule has 1 unspecified atom stereocenters. The molecular formula is C16H20BrFN2O2S. The predicted molar refractivity (Wildman–Crippen MR) is 92.9 cm³/mol. The Bertz CT molecular complexity index is 569. The third-order valence-corrected chi connectivity index (χ3v) is 6.04.